The van der Waals surface area contributed by atoms with Crippen molar-refractivity contribution >= 4 is 11.3 Å². The maximum atomic E-state index is 14.0. The second-order valence-electron chi connectivity index (χ2n) is 8.41. The van der Waals surface area contributed by atoms with Gasteiger partial charge < -0.3 is 0 Å². The summed E-state index contributed by atoms with van der Waals surface area (Å²) in [6.45, 7) is 2.03. The average Bonchev–Trinajstić information content (AvgIpc) is 3.53. The number of aromatic nitrogens is 3. The van der Waals surface area contributed by atoms with Crippen LogP contribution in [0.2, 0.25) is 0 Å². The van der Waals surface area contributed by atoms with E-state index in [1.807, 2.05) is 97.2 Å². The summed E-state index contributed by atoms with van der Waals surface area (Å²) in [7, 11) is 0. The van der Waals surface area contributed by atoms with E-state index >= 15 is 0 Å². The Bertz CT molecular complexity index is 1620. The predicted molar refractivity (Wildman–Crippen MR) is 141 cm³/mol. The molecule has 1 N–H and O–H groups in total. The number of nitriles is 2. The summed E-state index contributed by atoms with van der Waals surface area (Å²) in [6, 6.07) is 31.0. The Morgan fingerprint density at radius 2 is 1.53 bits per heavy atom. The summed E-state index contributed by atoms with van der Waals surface area (Å²) in [6.07, 6.45) is 0. The van der Waals surface area contributed by atoms with Crippen LogP contribution in [0.15, 0.2) is 95.1 Å². The number of nitrogens with one attached hydrogen (secondary N) is 1. The maximum absolute atomic E-state index is 14.0. The molecule has 1 atom stereocenters. The van der Waals surface area contributed by atoms with Gasteiger partial charge >= 0.3 is 0 Å². The van der Waals surface area contributed by atoms with Crippen LogP contribution in [0, 0.1) is 35.5 Å². The lowest BCUT2D eigenvalue weighted by molar-refractivity contribution is 0.703. The van der Waals surface area contributed by atoms with E-state index < -0.39 is 11.8 Å². The summed E-state index contributed by atoms with van der Waals surface area (Å²) in [4.78, 5) is 18.7. The Morgan fingerprint density at radius 1 is 0.889 bits per heavy atom. The molecule has 0 amide bonds. The number of hydrogen-bond donors (Lipinski definition) is 1. The van der Waals surface area contributed by atoms with E-state index in [9.17, 15) is 15.3 Å². The van der Waals surface area contributed by atoms with Gasteiger partial charge in [0, 0.05) is 16.9 Å². The van der Waals surface area contributed by atoms with E-state index in [-0.39, 0.29) is 5.56 Å². The summed E-state index contributed by atoms with van der Waals surface area (Å²) in [5.74, 6) is -1.79. The molecule has 174 valence electrons. The highest BCUT2D eigenvalue weighted by atomic mass is 32.1. The number of aromatic amines is 1. The third kappa shape index (κ3) is 4.24. The third-order valence-electron chi connectivity index (χ3n) is 6.10. The van der Waals surface area contributed by atoms with E-state index in [0.29, 0.717) is 16.4 Å². The maximum Gasteiger partial charge on any atom is 0.277 e. The van der Waals surface area contributed by atoms with Crippen molar-refractivity contribution in [2.75, 3.05) is 0 Å². The first kappa shape index (κ1) is 23.0. The molecule has 0 aliphatic carbocycles. The summed E-state index contributed by atoms with van der Waals surface area (Å²) >= 11 is 1.35. The second-order valence-corrected chi connectivity index (χ2v) is 9.25. The number of aryl methyl sites for hydroxylation is 1. The predicted octanol–water partition coefficient (Wildman–Crippen LogP) is 6.06. The van der Waals surface area contributed by atoms with Crippen LogP contribution in [0.4, 0.5) is 0 Å². The number of H-pyrrole nitrogens is 1. The molecule has 0 radical (unpaired) electrons. The number of hydrogen-bond acceptors (Lipinski definition) is 5. The molecule has 6 nitrogen and oxygen atoms in total. The van der Waals surface area contributed by atoms with Gasteiger partial charge in [-0.2, -0.15) is 15.2 Å². The Balaban J connectivity index is 1.72. The standard InChI is InChI=1S/C29H21N5OS/c1-19-12-14-20(15-13-19)24-18-36-29(32-24)34-28(35)26(27(33-34)22-10-6-3-7-11-22)25(23(16-30)17-31)21-8-4-2-5-9-21/h2-15,18,23,25,33H,1H3/t25-/m1/s1. The summed E-state index contributed by atoms with van der Waals surface area (Å²) < 4.78 is 1.42. The average molecular weight is 488 g/mol. The number of benzene rings is 3. The molecule has 2 aromatic heterocycles. The quantitative estimate of drug-likeness (QED) is 0.315. The van der Waals surface area contributed by atoms with Crippen molar-refractivity contribution in [2.45, 2.75) is 12.8 Å². The zero-order chi connectivity index (χ0) is 25.1. The lowest BCUT2D eigenvalue weighted by Crippen LogP contribution is -2.23. The van der Waals surface area contributed by atoms with Crippen LogP contribution in [-0.4, -0.2) is 14.8 Å². The first-order valence-corrected chi connectivity index (χ1v) is 12.3. The van der Waals surface area contributed by atoms with Crippen LogP contribution in [0.1, 0.15) is 22.6 Å². The molecule has 3 aromatic carbocycles. The van der Waals surface area contributed by atoms with Gasteiger partial charge in [-0.25, -0.2) is 4.98 Å². The van der Waals surface area contributed by atoms with Gasteiger partial charge in [-0.1, -0.05) is 90.5 Å². The molecule has 0 fully saturated rings. The topological polar surface area (TPSA) is 98.3 Å². The normalized spacial score (nSPS) is 11.7. The van der Waals surface area contributed by atoms with Crippen molar-refractivity contribution in [3.8, 4) is 39.8 Å². The van der Waals surface area contributed by atoms with Crippen molar-refractivity contribution in [1.29, 1.82) is 10.5 Å². The SMILES string of the molecule is Cc1ccc(-c2csc(-n3[nH]c(-c4ccccc4)c([C@H](c4ccccc4)C(C#N)C#N)c3=O)n2)cc1. The Kier molecular flexibility index (Phi) is 6.32. The minimum Gasteiger partial charge on any atom is -0.288 e. The van der Waals surface area contributed by atoms with Gasteiger partial charge in [-0.3, -0.25) is 9.89 Å². The van der Waals surface area contributed by atoms with Crippen LogP contribution in [0.5, 0.6) is 0 Å². The smallest absolute Gasteiger partial charge is 0.277 e. The van der Waals surface area contributed by atoms with Crippen molar-refractivity contribution in [3.63, 3.8) is 0 Å². The molecule has 0 unspecified atom stereocenters. The zero-order valence-corrected chi connectivity index (χ0v) is 20.2. The van der Waals surface area contributed by atoms with Crippen molar-refractivity contribution < 1.29 is 0 Å². The number of nitrogens with zero attached hydrogens (tertiary/aromatic N) is 4. The molecule has 0 saturated carbocycles. The Morgan fingerprint density at radius 3 is 2.17 bits per heavy atom. The lowest BCUT2D eigenvalue weighted by Gasteiger charge is -2.17. The highest BCUT2D eigenvalue weighted by Crippen LogP contribution is 2.36. The van der Waals surface area contributed by atoms with E-state index in [0.717, 1.165) is 27.9 Å². The van der Waals surface area contributed by atoms with Crippen molar-refractivity contribution in [1.82, 2.24) is 14.8 Å². The lowest BCUT2D eigenvalue weighted by atomic mass is 9.81. The fourth-order valence-corrected chi connectivity index (χ4v) is 5.08. The van der Waals surface area contributed by atoms with E-state index in [1.165, 1.54) is 16.0 Å². The highest BCUT2D eigenvalue weighted by Gasteiger charge is 2.33. The fraction of sp³-hybridized carbons (Fsp3) is 0.103. The van der Waals surface area contributed by atoms with Gasteiger partial charge in [0.25, 0.3) is 5.56 Å². The Labute approximate surface area is 212 Å². The molecule has 0 saturated heterocycles. The van der Waals surface area contributed by atoms with E-state index in [2.05, 4.69) is 17.2 Å². The summed E-state index contributed by atoms with van der Waals surface area (Å²) in [5, 5.41) is 25.3. The molecule has 5 rings (SSSR count). The van der Waals surface area contributed by atoms with Gasteiger partial charge in [-0.05, 0) is 18.1 Å². The molecule has 36 heavy (non-hydrogen) atoms. The molecule has 5 aromatic rings. The van der Waals surface area contributed by atoms with Crippen molar-refractivity contribution in [2.24, 2.45) is 5.92 Å². The van der Waals surface area contributed by atoms with E-state index in [1.54, 1.807) is 0 Å². The van der Waals surface area contributed by atoms with Crippen LogP contribution in [0.3, 0.4) is 0 Å². The van der Waals surface area contributed by atoms with Crippen LogP contribution < -0.4 is 5.56 Å². The first-order valence-electron chi connectivity index (χ1n) is 11.4. The van der Waals surface area contributed by atoms with Crippen LogP contribution in [0.25, 0.3) is 27.6 Å². The van der Waals surface area contributed by atoms with Gasteiger partial charge in [-0.15, -0.1) is 11.3 Å². The molecular formula is C29H21N5OS. The molecule has 2 heterocycles. The van der Waals surface area contributed by atoms with Gasteiger partial charge in [0.1, 0.15) is 5.92 Å². The number of rotatable bonds is 6. The minimum absolute atomic E-state index is 0.331. The largest absolute Gasteiger partial charge is 0.288 e. The Hall–Kier alpha value is -4.72. The molecule has 0 bridgehead atoms. The van der Waals surface area contributed by atoms with E-state index in [4.69, 9.17) is 4.98 Å². The monoisotopic (exact) mass is 487 g/mol. The fourth-order valence-electron chi connectivity index (χ4n) is 4.29. The second kappa shape index (κ2) is 9.87. The first-order chi connectivity index (χ1) is 17.6. The van der Waals surface area contributed by atoms with Crippen LogP contribution in [-0.2, 0) is 0 Å². The molecular weight excluding hydrogens is 466 g/mol. The molecule has 0 aliphatic heterocycles. The van der Waals surface area contributed by atoms with Gasteiger partial charge in [0.05, 0.1) is 29.1 Å². The van der Waals surface area contributed by atoms with Gasteiger partial charge in [0.15, 0.2) is 0 Å². The zero-order valence-electron chi connectivity index (χ0n) is 19.4. The minimum atomic E-state index is -1.05. The van der Waals surface area contributed by atoms with Crippen molar-refractivity contribution in [3.05, 3.63) is 117 Å². The number of thiazole rings is 1. The van der Waals surface area contributed by atoms with Crippen LogP contribution >= 0.6 is 11.3 Å². The highest BCUT2D eigenvalue weighted by molar-refractivity contribution is 7.12. The summed E-state index contributed by atoms with van der Waals surface area (Å²) in [5.41, 5.74) is 5.00. The molecule has 7 heteroatoms. The molecule has 0 spiro atoms. The van der Waals surface area contributed by atoms with Gasteiger partial charge in [0.2, 0.25) is 5.13 Å². The molecule has 0 aliphatic rings. The third-order valence-corrected chi connectivity index (χ3v) is 6.93.